The highest BCUT2D eigenvalue weighted by Gasteiger charge is 2.27. The van der Waals surface area contributed by atoms with Crippen molar-refractivity contribution in [3.8, 4) is 16.9 Å². The number of halogens is 2. The summed E-state index contributed by atoms with van der Waals surface area (Å²) in [5.74, 6) is -0.257. The third kappa shape index (κ3) is 5.96. The van der Waals surface area contributed by atoms with E-state index in [9.17, 15) is 14.7 Å². The second kappa shape index (κ2) is 11.5. The van der Waals surface area contributed by atoms with E-state index in [-0.39, 0.29) is 28.8 Å². The highest BCUT2D eigenvalue weighted by Crippen LogP contribution is 2.28. The summed E-state index contributed by atoms with van der Waals surface area (Å²) in [6, 6.07) is 15.2. The van der Waals surface area contributed by atoms with Gasteiger partial charge in [-0.2, -0.15) is 0 Å². The van der Waals surface area contributed by atoms with Gasteiger partial charge in [-0.1, -0.05) is 58.7 Å². The summed E-state index contributed by atoms with van der Waals surface area (Å²) in [5.41, 5.74) is 2.07. The topological polar surface area (TPSA) is 115 Å². The van der Waals surface area contributed by atoms with Crippen LogP contribution in [0.4, 0.5) is 0 Å². The van der Waals surface area contributed by atoms with Crippen molar-refractivity contribution in [1.29, 1.82) is 0 Å². The van der Waals surface area contributed by atoms with E-state index in [1.165, 1.54) is 21.6 Å². The van der Waals surface area contributed by atoms with E-state index in [2.05, 4.69) is 20.6 Å². The van der Waals surface area contributed by atoms with Gasteiger partial charge in [0.25, 0.3) is 5.56 Å². The van der Waals surface area contributed by atoms with Gasteiger partial charge in [-0.3, -0.25) is 14.2 Å². The number of carbonyl (C=O) groups is 1. The first kappa shape index (κ1) is 26.1. The molecule has 1 atom stereocenters. The summed E-state index contributed by atoms with van der Waals surface area (Å²) in [6.45, 7) is 0. The SMILES string of the molecule is O=C(NC1CCC(O)CC1)[C@H](Cc1ccccc1)n1cnc(-c2cc(Cl)ccc2-n2cc(Cl)nn2)cc1=O. The lowest BCUT2D eigenvalue weighted by atomic mass is 9.92. The van der Waals surface area contributed by atoms with Crippen molar-refractivity contribution >= 4 is 29.1 Å². The summed E-state index contributed by atoms with van der Waals surface area (Å²) in [4.78, 5) is 31.5. The number of aliphatic hydroxyl groups is 1. The first-order chi connectivity index (χ1) is 18.4. The Hall–Kier alpha value is -3.53. The minimum absolute atomic E-state index is 0.0457. The van der Waals surface area contributed by atoms with Gasteiger partial charge in [-0.25, -0.2) is 9.67 Å². The van der Waals surface area contributed by atoms with Crippen LogP contribution < -0.4 is 10.9 Å². The number of hydrogen-bond acceptors (Lipinski definition) is 6. The molecule has 4 aromatic rings. The van der Waals surface area contributed by atoms with Crippen molar-refractivity contribution in [1.82, 2.24) is 29.9 Å². The molecule has 0 unspecified atom stereocenters. The average molecular weight is 553 g/mol. The molecule has 196 valence electrons. The Morgan fingerprint density at radius 2 is 1.84 bits per heavy atom. The number of benzene rings is 2. The molecule has 0 bridgehead atoms. The third-order valence-electron chi connectivity index (χ3n) is 6.74. The number of aliphatic hydroxyl groups excluding tert-OH is 1. The maximum atomic E-state index is 13.5. The van der Waals surface area contributed by atoms with Crippen molar-refractivity contribution < 1.29 is 9.90 Å². The number of aromatic nitrogens is 5. The van der Waals surface area contributed by atoms with Crippen molar-refractivity contribution in [3.63, 3.8) is 0 Å². The third-order valence-corrected chi connectivity index (χ3v) is 7.14. The van der Waals surface area contributed by atoms with Gasteiger partial charge in [0.1, 0.15) is 6.04 Å². The van der Waals surface area contributed by atoms with Gasteiger partial charge in [0, 0.05) is 29.1 Å². The second-order valence-corrected chi connectivity index (χ2v) is 10.2. The average Bonchev–Trinajstić information content (AvgIpc) is 3.35. The zero-order chi connectivity index (χ0) is 26.6. The number of rotatable bonds is 7. The molecule has 1 fully saturated rings. The molecule has 2 heterocycles. The molecule has 0 aliphatic heterocycles. The summed E-state index contributed by atoms with van der Waals surface area (Å²) in [6.07, 6.45) is 5.61. The first-order valence-corrected chi connectivity index (χ1v) is 13.1. The lowest BCUT2D eigenvalue weighted by Gasteiger charge is -2.28. The van der Waals surface area contributed by atoms with Gasteiger partial charge in [-0.05, 0) is 49.4 Å². The molecular formula is C27H26Cl2N6O3. The van der Waals surface area contributed by atoms with Crippen LogP contribution in [0.1, 0.15) is 37.3 Å². The molecule has 1 aliphatic carbocycles. The maximum absolute atomic E-state index is 13.5. The van der Waals surface area contributed by atoms with E-state index in [0.717, 1.165) is 5.56 Å². The smallest absolute Gasteiger partial charge is 0.254 e. The Balaban J connectivity index is 1.48. The van der Waals surface area contributed by atoms with Crippen LogP contribution in [0.2, 0.25) is 10.2 Å². The number of hydrogen-bond donors (Lipinski definition) is 2. The standard InChI is InChI=1S/C27H26Cl2N6O3/c28-18-6-11-23(35-15-25(29)32-33-35)21(13-18)22-14-26(37)34(16-30-22)24(12-17-4-2-1-3-5-17)27(38)31-19-7-9-20(36)10-8-19/h1-6,11,13-16,19-20,24,36H,7-10,12H2,(H,31,38)/t19?,20?,24-/m0/s1. The summed E-state index contributed by atoms with van der Waals surface area (Å²) < 4.78 is 2.84. The van der Waals surface area contributed by atoms with Crippen LogP contribution in [0.25, 0.3) is 16.9 Å². The molecule has 2 N–H and O–H groups in total. The van der Waals surface area contributed by atoms with E-state index in [1.54, 1.807) is 24.4 Å². The number of nitrogens with one attached hydrogen (secondary N) is 1. The number of nitrogens with zero attached hydrogens (tertiary/aromatic N) is 5. The molecule has 9 nitrogen and oxygen atoms in total. The van der Waals surface area contributed by atoms with Crippen LogP contribution in [0.3, 0.4) is 0 Å². The summed E-state index contributed by atoms with van der Waals surface area (Å²) >= 11 is 12.2. The molecule has 11 heteroatoms. The maximum Gasteiger partial charge on any atom is 0.254 e. The largest absolute Gasteiger partial charge is 0.393 e. The van der Waals surface area contributed by atoms with Crippen LogP contribution >= 0.6 is 23.2 Å². The minimum atomic E-state index is -0.800. The predicted octanol–water partition coefficient (Wildman–Crippen LogP) is 4.00. The lowest BCUT2D eigenvalue weighted by Crippen LogP contribution is -2.44. The summed E-state index contributed by atoms with van der Waals surface area (Å²) in [5, 5.41) is 21.4. The fraction of sp³-hybridized carbons (Fsp3) is 0.296. The fourth-order valence-corrected chi connectivity index (χ4v) is 5.04. The lowest BCUT2D eigenvalue weighted by molar-refractivity contribution is -0.125. The van der Waals surface area contributed by atoms with E-state index >= 15 is 0 Å². The number of carbonyl (C=O) groups excluding carboxylic acids is 1. The molecule has 2 aromatic heterocycles. The molecule has 1 aliphatic rings. The molecular weight excluding hydrogens is 527 g/mol. The highest BCUT2D eigenvalue weighted by atomic mass is 35.5. The Kier molecular flexibility index (Phi) is 7.87. The molecule has 2 aromatic carbocycles. The molecule has 0 saturated heterocycles. The van der Waals surface area contributed by atoms with Gasteiger partial charge in [0.2, 0.25) is 5.91 Å². The second-order valence-electron chi connectivity index (χ2n) is 9.39. The van der Waals surface area contributed by atoms with Crippen molar-refractivity contribution in [2.45, 2.75) is 50.3 Å². The molecule has 0 spiro atoms. The monoisotopic (exact) mass is 552 g/mol. The van der Waals surface area contributed by atoms with E-state index in [0.29, 0.717) is 54.1 Å². The molecule has 5 rings (SSSR count). The predicted molar refractivity (Wildman–Crippen MR) is 144 cm³/mol. The van der Waals surface area contributed by atoms with E-state index in [1.807, 2.05) is 30.3 Å². The zero-order valence-electron chi connectivity index (χ0n) is 20.4. The van der Waals surface area contributed by atoms with Gasteiger partial charge < -0.3 is 10.4 Å². The minimum Gasteiger partial charge on any atom is -0.393 e. The highest BCUT2D eigenvalue weighted by molar-refractivity contribution is 6.31. The van der Waals surface area contributed by atoms with E-state index < -0.39 is 6.04 Å². The Morgan fingerprint density at radius 3 is 2.53 bits per heavy atom. The zero-order valence-corrected chi connectivity index (χ0v) is 21.9. The molecule has 38 heavy (non-hydrogen) atoms. The van der Waals surface area contributed by atoms with Crippen molar-refractivity contribution in [2.75, 3.05) is 0 Å². The van der Waals surface area contributed by atoms with Gasteiger partial charge >= 0.3 is 0 Å². The Labute approximate surface area is 229 Å². The quantitative estimate of drug-likeness (QED) is 0.358. The van der Waals surface area contributed by atoms with Gasteiger partial charge in [0.15, 0.2) is 5.15 Å². The van der Waals surface area contributed by atoms with Crippen LogP contribution in [0, 0.1) is 0 Å². The van der Waals surface area contributed by atoms with Gasteiger partial charge in [0.05, 0.1) is 30.0 Å². The fourth-order valence-electron chi connectivity index (χ4n) is 4.74. The van der Waals surface area contributed by atoms with Crippen LogP contribution in [0.15, 0.2) is 71.9 Å². The Bertz CT molecular complexity index is 1480. The molecule has 0 radical (unpaired) electrons. The van der Waals surface area contributed by atoms with Crippen LogP contribution in [-0.4, -0.2) is 47.7 Å². The first-order valence-electron chi connectivity index (χ1n) is 12.4. The Morgan fingerprint density at radius 1 is 1.08 bits per heavy atom. The normalized spacial score (nSPS) is 18.2. The molecule has 1 saturated carbocycles. The van der Waals surface area contributed by atoms with Crippen molar-refractivity contribution in [3.05, 3.63) is 93.2 Å². The van der Waals surface area contributed by atoms with E-state index in [4.69, 9.17) is 23.2 Å². The van der Waals surface area contributed by atoms with Crippen molar-refractivity contribution in [2.24, 2.45) is 0 Å². The van der Waals surface area contributed by atoms with Crippen LogP contribution in [-0.2, 0) is 11.2 Å². The van der Waals surface area contributed by atoms with Gasteiger partial charge in [-0.15, -0.1) is 5.10 Å². The summed E-state index contributed by atoms with van der Waals surface area (Å²) in [7, 11) is 0. The molecule has 1 amide bonds. The number of amides is 1. The van der Waals surface area contributed by atoms with Crippen LogP contribution in [0.5, 0.6) is 0 Å².